The van der Waals surface area contributed by atoms with E-state index in [1.165, 1.54) is 0 Å². The zero-order chi connectivity index (χ0) is 7.98. The molecule has 10 heavy (non-hydrogen) atoms. The first kappa shape index (κ1) is 8.50. The lowest BCUT2D eigenvalue weighted by Crippen LogP contribution is -2.07. The van der Waals surface area contributed by atoms with Gasteiger partial charge in [-0.2, -0.15) is 5.26 Å². The molecule has 4 nitrogen and oxygen atoms in total. The summed E-state index contributed by atoms with van der Waals surface area (Å²) >= 11 is 0. The van der Waals surface area contributed by atoms with Gasteiger partial charge in [0, 0.05) is 6.20 Å². The molecule has 0 bridgehead atoms. The lowest BCUT2D eigenvalue weighted by atomic mass is 10.3. The van der Waals surface area contributed by atoms with Crippen molar-refractivity contribution in [1.82, 2.24) is 0 Å². The summed E-state index contributed by atoms with van der Waals surface area (Å²) in [4.78, 5) is 10.6. The van der Waals surface area contributed by atoms with Crippen LogP contribution < -0.4 is 5.73 Å². The van der Waals surface area contributed by atoms with Crippen LogP contribution in [0.1, 0.15) is 6.92 Å². The van der Waals surface area contributed by atoms with Crippen LogP contribution in [-0.2, 0) is 9.53 Å². The molecule has 0 saturated heterocycles. The number of esters is 1. The highest BCUT2D eigenvalue weighted by Gasteiger charge is 2.06. The van der Waals surface area contributed by atoms with Gasteiger partial charge in [-0.05, 0) is 6.92 Å². The van der Waals surface area contributed by atoms with Crippen molar-refractivity contribution in [3.63, 3.8) is 0 Å². The summed E-state index contributed by atoms with van der Waals surface area (Å²) in [5.74, 6) is -0.674. The van der Waals surface area contributed by atoms with E-state index < -0.39 is 5.97 Å². The van der Waals surface area contributed by atoms with Crippen LogP contribution in [0.15, 0.2) is 11.8 Å². The second-order valence-corrected chi connectivity index (χ2v) is 1.41. The van der Waals surface area contributed by atoms with Crippen molar-refractivity contribution in [3.8, 4) is 6.07 Å². The Hall–Kier alpha value is -1.50. The molecule has 0 aromatic heterocycles. The first-order valence-corrected chi connectivity index (χ1v) is 2.75. The largest absolute Gasteiger partial charge is 0.462 e. The van der Waals surface area contributed by atoms with Gasteiger partial charge in [-0.25, -0.2) is 4.79 Å². The Labute approximate surface area is 58.9 Å². The molecule has 0 unspecified atom stereocenters. The summed E-state index contributed by atoms with van der Waals surface area (Å²) in [7, 11) is 0. The molecule has 0 heterocycles. The van der Waals surface area contributed by atoms with Crippen molar-refractivity contribution >= 4 is 5.97 Å². The maximum absolute atomic E-state index is 10.6. The third kappa shape index (κ3) is 2.18. The lowest BCUT2D eigenvalue weighted by Gasteiger charge is -1.96. The molecule has 4 heteroatoms. The molecule has 54 valence electrons. The predicted molar refractivity (Wildman–Crippen MR) is 34.5 cm³/mol. The van der Waals surface area contributed by atoms with E-state index in [4.69, 9.17) is 11.0 Å². The SMILES string of the molecule is CCOC(=O)/C(C#N)=C/N. The fraction of sp³-hybridized carbons (Fsp3) is 0.333. The maximum atomic E-state index is 10.6. The molecule has 0 atom stereocenters. The monoisotopic (exact) mass is 140 g/mol. The summed E-state index contributed by atoms with van der Waals surface area (Å²) in [6, 6.07) is 1.60. The first-order chi connectivity index (χ1) is 4.76. The number of nitrogens with zero attached hydrogens (tertiary/aromatic N) is 1. The number of hydrogen-bond donors (Lipinski definition) is 1. The number of carbonyl (C=O) groups excluding carboxylic acids is 1. The predicted octanol–water partition coefficient (Wildman–Crippen LogP) is -0.0843. The fourth-order valence-corrected chi connectivity index (χ4v) is 0.360. The number of ether oxygens (including phenoxy) is 1. The summed E-state index contributed by atoms with van der Waals surface area (Å²) in [6.07, 6.45) is 0.929. The molecule has 0 aliphatic heterocycles. The molecule has 0 aliphatic rings. The van der Waals surface area contributed by atoms with Crippen molar-refractivity contribution in [2.45, 2.75) is 6.92 Å². The van der Waals surface area contributed by atoms with E-state index in [-0.39, 0.29) is 12.2 Å². The molecule has 0 saturated carbocycles. The Balaban J connectivity index is 4.08. The van der Waals surface area contributed by atoms with E-state index in [0.717, 1.165) is 6.20 Å². The van der Waals surface area contributed by atoms with Crippen LogP contribution in [0.5, 0.6) is 0 Å². The Morgan fingerprint density at radius 1 is 1.90 bits per heavy atom. The minimum Gasteiger partial charge on any atom is -0.462 e. The normalized spacial score (nSPS) is 10.2. The van der Waals surface area contributed by atoms with Crippen molar-refractivity contribution < 1.29 is 9.53 Å². The van der Waals surface area contributed by atoms with Crippen molar-refractivity contribution in [2.24, 2.45) is 5.73 Å². The molecule has 0 amide bonds. The van der Waals surface area contributed by atoms with Crippen LogP contribution in [0.3, 0.4) is 0 Å². The number of hydrogen-bond acceptors (Lipinski definition) is 4. The van der Waals surface area contributed by atoms with E-state index in [9.17, 15) is 4.79 Å². The highest BCUT2D eigenvalue weighted by atomic mass is 16.5. The minimum atomic E-state index is -0.674. The Morgan fingerprint density at radius 2 is 2.50 bits per heavy atom. The summed E-state index contributed by atoms with van der Waals surface area (Å²) in [5.41, 5.74) is 4.76. The Kier molecular flexibility index (Phi) is 3.73. The molecule has 0 aromatic rings. The van der Waals surface area contributed by atoms with Gasteiger partial charge in [0.1, 0.15) is 6.07 Å². The van der Waals surface area contributed by atoms with Crippen LogP contribution in [0, 0.1) is 11.3 Å². The molecule has 0 rings (SSSR count). The van der Waals surface area contributed by atoms with Gasteiger partial charge >= 0.3 is 5.97 Å². The third-order valence-corrected chi connectivity index (χ3v) is 0.782. The van der Waals surface area contributed by atoms with E-state index in [1.807, 2.05) is 0 Å². The Morgan fingerprint density at radius 3 is 2.80 bits per heavy atom. The van der Waals surface area contributed by atoms with Gasteiger partial charge in [0.25, 0.3) is 0 Å². The second kappa shape index (κ2) is 4.39. The molecular formula is C6H8N2O2. The molecule has 0 radical (unpaired) electrons. The molecule has 0 fully saturated rings. The van der Waals surface area contributed by atoms with Gasteiger partial charge in [0.05, 0.1) is 6.61 Å². The number of nitrogens with two attached hydrogens (primary N) is 1. The molecule has 2 N–H and O–H groups in total. The summed E-state index contributed by atoms with van der Waals surface area (Å²) in [6.45, 7) is 1.90. The highest BCUT2D eigenvalue weighted by Crippen LogP contribution is 1.92. The van der Waals surface area contributed by atoms with E-state index >= 15 is 0 Å². The molecule has 0 spiro atoms. The smallest absolute Gasteiger partial charge is 0.350 e. The average molecular weight is 140 g/mol. The maximum Gasteiger partial charge on any atom is 0.350 e. The van der Waals surface area contributed by atoms with Crippen LogP contribution >= 0.6 is 0 Å². The minimum absolute atomic E-state index is 0.165. The van der Waals surface area contributed by atoms with Crippen molar-refractivity contribution in [1.29, 1.82) is 5.26 Å². The van der Waals surface area contributed by atoms with Gasteiger partial charge in [-0.15, -0.1) is 0 Å². The van der Waals surface area contributed by atoms with Gasteiger partial charge in [0.2, 0.25) is 0 Å². The highest BCUT2D eigenvalue weighted by molar-refractivity contribution is 5.92. The summed E-state index contributed by atoms with van der Waals surface area (Å²) < 4.78 is 4.48. The van der Waals surface area contributed by atoms with Gasteiger partial charge in [0.15, 0.2) is 5.57 Å². The number of carbonyl (C=O) groups is 1. The van der Waals surface area contributed by atoms with Gasteiger partial charge in [-0.1, -0.05) is 0 Å². The zero-order valence-corrected chi connectivity index (χ0v) is 5.63. The molecule has 0 aliphatic carbocycles. The van der Waals surface area contributed by atoms with Gasteiger partial charge < -0.3 is 10.5 Å². The quantitative estimate of drug-likeness (QED) is 0.330. The average Bonchev–Trinajstić information content (AvgIpc) is 1.91. The fourth-order valence-electron chi connectivity index (χ4n) is 0.360. The van der Waals surface area contributed by atoms with Crippen LogP contribution in [0.25, 0.3) is 0 Å². The third-order valence-electron chi connectivity index (χ3n) is 0.782. The van der Waals surface area contributed by atoms with E-state index in [0.29, 0.717) is 0 Å². The van der Waals surface area contributed by atoms with Crippen LogP contribution in [0.2, 0.25) is 0 Å². The standard InChI is InChI=1S/C6H8N2O2/c1-2-10-6(9)5(3-7)4-8/h3H,2,7H2,1H3/b5-3+. The number of rotatable bonds is 2. The van der Waals surface area contributed by atoms with E-state index in [2.05, 4.69) is 4.74 Å². The Bertz CT molecular complexity index is 190. The molecule has 0 aromatic carbocycles. The zero-order valence-electron chi connectivity index (χ0n) is 5.63. The lowest BCUT2D eigenvalue weighted by molar-refractivity contribution is -0.138. The van der Waals surface area contributed by atoms with Crippen LogP contribution in [0.4, 0.5) is 0 Å². The number of nitriles is 1. The first-order valence-electron chi connectivity index (χ1n) is 2.75. The van der Waals surface area contributed by atoms with Gasteiger partial charge in [-0.3, -0.25) is 0 Å². The van der Waals surface area contributed by atoms with Crippen LogP contribution in [-0.4, -0.2) is 12.6 Å². The second-order valence-electron chi connectivity index (χ2n) is 1.41. The van der Waals surface area contributed by atoms with Crippen molar-refractivity contribution in [2.75, 3.05) is 6.61 Å². The topological polar surface area (TPSA) is 76.1 Å². The summed E-state index contributed by atoms with van der Waals surface area (Å²) in [5, 5.41) is 8.22. The van der Waals surface area contributed by atoms with Crippen molar-refractivity contribution in [3.05, 3.63) is 11.8 Å². The molecular weight excluding hydrogens is 132 g/mol. The van der Waals surface area contributed by atoms with E-state index in [1.54, 1.807) is 13.0 Å².